The normalized spacial score (nSPS) is 13.0. The molecule has 0 spiro atoms. The predicted octanol–water partition coefficient (Wildman–Crippen LogP) is 2.22. The zero-order valence-corrected chi connectivity index (χ0v) is 19.2. The van der Waals surface area contributed by atoms with Crippen LogP contribution in [0.1, 0.15) is 29.2 Å². The van der Waals surface area contributed by atoms with Crippen LogP contribution in [0, 0.1) is 0 Å². The molecule has 5 heteroatoms. The molecule has 0 saturated carbocycles. The first-order valence-electron chi connectivity index (χ1n) is 8.42. The molecule has 0 radical (unpaired) electrons. The third-order valence-corrected chi connectivity index (χ3v) is 5.12. The largest absolute Gasteiger partial charge is 1.00 e. The van der Waals surface area contributed by atoms with Crippen molar-refractivity contribution in [2.45, 2.75) is 12.3 Å². The van der Waals surface area contributed by atoms with Gasteiger partial charge in [-0.2, -0.15) is 0 Å². The van der Waals surface area contributed by atoms with Crippen molar-refractivity contribution in [3.63, 3.8) is 0 Å². The van der Waals surface area contributed by atoms with Gasteiger partial charge in [-0.15, -0.1) is 0 Å². The van der Waals surface area contributed by atoms with E-state index in [1.807, 2.05) is 42.5 Å². The first-order valence-corrected chi connectivity index (χ1v) is 9.17. The summed E-state index contributed by atoms with van der Waals surface area (Å²) in [6.07, 6.45) is 3.79. The standard InChI is InChI=1S/C23H18Cl2O2.Na/c1-23(22(26)27,18-9-11-19(24)12-10-18)21-14-13-20(25)15-17(21)8-7-16-5-3-2-4-6-16;/h2-15H,1H3,(H,26,27);/q;+1/p-1/b8-7+;. The smallest absolute Gasteiger partial charge is 0.549 e. The van der Waals surface area contributed by atoms with Gasteiger partial charge in [-0.1, -0.05) is 83.9 Å². The summed E-state index contributed by atoms with van der Waals surface area (Å²) < 4.78 is 0. The van der Waals surface area contributed by atoms with E-state index in [0.29, 0.717) is 26.7 Å². The van der Waals surface area contributed by atoms with Crippen LogP contribution in [-0.4, -0.2) is 5.97 Å². The van der Waals surface area contributed by atoms with E-state index in [9.17, 15) is 9.90 Å². The molecule has 3 aromatic carbocycles. The van der Waals surface area contributed by atoms with Gasteiger partial charge in [0.1, 0.15) is 0 Å². The molecule has 3 rings (SSSR count). The van der Waals surface area contributed by atoms with E-state index in [1.54, 1.807) is 49.4 Å². The van der Waals surface area contributed by atoms with Crippen molar-refractivity contribution in [1.82, 2.24) is 0 Å². The molecule has 0 saturated heterocycles. The summed E-state index contributed by atoms with van der Waals surface area (Å²) >= 11 is 12.1. The zero-order valence-electron chi connectivity index (χ0n) is 15.7. The fraction of sp³-hybridized carbons (Fsp3) is 0.0870. The molecule has 3 aromatic rings. The molecule has 0 fully saturated rings. The SMILES string of the molecule is CC(C(=O)[O-])(c1ccc(Cl)cc1)c1ccc(Cl)cc1/C=C/c1ccccc1.[Na+]. The molecule has 0 amide bonds. The van der Waals surface area contributed by atoms with Gasteiger partial charge in [0.15, 0.2) is 0 Å². The Bertz CT molecular complexity index is 985. The molecule has 0 aliphatic carbocycles. The van der Waals surface area contributed by atoms with Crippen LogP contribution in [0.25, 0.3) is 12.2 Å². The van der Waals surface area contributed by atoms with Gasteiger partial charge in [0, 0.05) is 10.0 Å². The number of aliphatic carboxylic acids is 1. The van der Waals surface area contributed by atoms with Crippen LogP contribution >= 0.6 is 23.2 Å². The van der Waals surface area contributed by atoms with E-state index < -0.39 is 11.4 Å². The number of carbonyl (C=O) groups excluding carboxylic acids is 1. The number of benzene rings is 3. The fourth-order valence-electron chi connectivity index (χ4n) is 3.04. The molecule has 1 atom stereocenters. The zero-order chi connectivity index (χ0) is 19.4. The van der Waals surface area contributed by atoms with Gasteiger partial charge in [-0.3, -0.25) is 0 Å². The summed E-state index contributed by atoms with van der Waals surface area (Å²) in [6, 6.07) is 21.7. The van der Waals surface area contributed by atoms with Gasteiger partial charge in [0.05, 0.1) is 11.4 Å². The van der Waals surface area contributed by atoms with Crippen LogP contribution in [0.2, 0.25) is 10.0 Å². The van der Waals surface area contributed by atoms with Gasteiger partial charge >= 0.3 is 29.6 Å². The van der Waals surface area contributed by atoms with Gasteiger partial charge in [-0.05, 0) is 53.4 Å². The maximum atomic E-state index is 12.2. The quantitative estimate of drug-likeness (QED) is 0.470. The van der Waals surface area contributed by atoms with Crippen LogP contribution in [-0.2, 0) is 10.2 Å². The molecule has 0 aliphatic rings. The molecular weight excluding hydrogens is 402 g/mol. The Kier molecular flexibility index (Phi) is 7.94. The van der Waals surface area contributed by atoms with E-state index >= 15 is 0 Å². The summed E-state index contributed by atoms with van der Waals surface area (Å²) in [6.45, 7) is 1.63. The van der Waals surface area contributed by atoms with Gasteiger partial charge in [0.25, 0.3) is 0 Å². The third-order valence-electron chi connectivity index (χ3n) is 4.64. The van der Waals surface area contributed by atoms with Crippen LogP contribution < -0.4 is 34.7 Å². The summed E-state index contributed by atoms with van der Waals surface area (Å²) in [5.74, 6) is -1.19. The Labute approximate surface area is 197 Å². The number of carbonyl (C=O) groups is 1. The van der Waals surface area contributed by atoms with E-state index in [1.165, 1.54) is 0 Å². The summed E-state index contributed by atoms with van der Waals surface area (Å²) in [5.41, 5.74) is 1.55. The van der Waals surface area contributed by atoms with Gasteiger partial charge in [0.2, 0.25) is 0 Å². The van der Waals surface area contributed by atoms with Gasteiger partial charge in [-0.25, -0.2) is 0 Å². The number of carboxylic acids is 1. The molecule has 1 unspecified atom stereocenters. The summed E-state index contributed by atoms with van der Waals surface area (Å²) in [4.78, 5) is 12.2. The first kappa shape index (κ1) is 22.7. The van der Waals surface area contributed by atoms with Crippen LogP contribution in [0.3, 0.4) is 0 Å². The maximum Gasteiger partial charge on any atom is 1.00 e. The van der Waals surface area contributed by atoms with Crippen molar-refractivity contribution in [2.75, 3.05) is 0 Å². The Morgan fingerprint density at radius 3 is 2.11 bits per heavy atom. The van der Waals surface area contributed by atoms with Crippen LogP contribution in [0.15, 0.2) is 72.8 Å². The second-order valence-electron chi connectivity index (χ2n) is 6.39. The van der Waals surface area contributed by atoms with Crippen molar-refractivity contribution in [3.8, 4) is 0 Å². The molecule has 0 aliphatic heterocycles. The molecule has 28 heavy (non-hydrogen) atoms. The van der Waals surface area contributed by atoms with Crippen molar-refractivity contribution in [1.29, 1.82) is 0 Å². The van der Waals surface area contributed by atoms with Crippen molar-refractivity contribution in [2.24, 2.45) is 0 Å². The van der Waals surface area contributed by atoms with Crippen molar-refractivity contribution < 1.29 is 39.5 Å². The Morgan fingerprint density at radius 1 is 0.893 bits per heavy atom. The fourth-order valence-corrected chi connectivity index (χ4v) is 3.35. The topological polar surface area (TPSA) is 40.1 Å². The second-order valence-corrected chi connectivity index (χ2v) is 7.27. The molecule has 0 bridgehead atoms. The molecule has 2 nitrogen and oxygen atoms in total. The molecule has 136 valence electrons. The molecule has 0 heterocycles. The minimum absolute atomic E-state index is 0. The second kappa shape index (κ2) is 9.78. The average molecular weight is 419 g/mol. The Hall–Kier alpha value is -1.55. The minimum Gasteiger partial charge on any atom is -0.549 e. The Morgan fingerprint density at radius 2 is 1.50 bits per heavy atom. The monoisotopic (exact) mass is 418 g/mol. The number of rotatable bonds is 5. The molecular formula is C23H17Cl2NaO2. The summed E-state index contributed by atoms with van der Waals surface area (Å²) in [7, 11) is 0. The van der Waals surface area contributed by atoms with E-state index in [-0.39, 0.29) is 29.6 Å². The summed E-state index contributed by atoms with van der Waals surface area (Å²) in [5, 5.41) is 13.3. The number of hydrogen-bond donors (Lipinski definition) is 0. The van der Waals surface area contributed by atoms with Gasteiger partial charge < -0.3 is 9.90 Å². The van der Waals surface area contributed by atoms with E-state index in [4.69, 9.17) is 23.2 Å². The van der Waals surface area contributed by atoms with Crippen molar-refractivity contribution >= 4 is 41.3 Å². The number of carboxylic acid groups (broad SMARTS) is 1. The van der Waals surface area contributed by atoms with Crippen LogP contribution in [0.5, 0.6) is 0 Å². The van der Waals surface area contributed by atoms with Crippen molar-refractivity contribution in [3.05, 3.63) is 105 Å². The number of hydrogen-bond acceptors (Lipinski definition) is 2. The molecule has 0 N–H and O–H groups in total. The minimum atomic E-state index is -1.36. The predicted molar refractivity (Wildman–Crippen MR) is 110 cm³/mol. The third kappa shape index (κ3) is 4.89. The molecule has 0 aromatic heterocycles. The average Bonchev–Trinajstić information content (AvgIpc) is 2.67. The number of halogens is 2. The van der Waals surface area contributed by atoms with E-state index in [2.05, 4.69) is 0 Å². The first-order chi connectivity index (χ1) is 12.9. The van der Waals surface area contributed by atoms with E-state index in [0.717, 1.165) is 5.56 Å². The van der Waals surface area contributed by atoms with Crippen LogP contribution in [0.4, 0.5) is 0 Å². The maximum absolute atomic E-state index is 12.2. The Balaban J connectivity index is 0.00000280.